The zero-order valence-electron chi connectivity index (χ0n) is 16.7. The molecule has 1 atom stereocenters. The van der Waals surface area contributed by atoms with Crippen LogP contribution in [0.15, 0.2) is 24.3 Å². The summed E-state index contributed by atoms with van der Waals surface area (Å²) in [6.07, 6.45) is 3.30. The molecular formula is C21H32N2O3. The summed E-state index contributed by atoms with van der Waals surface area (Å²) in [4.78, 5) is 28.4. The number of carbonyl (C=O) groups is 2. The van der Waals surface area contributed by atoms with Crippen molar-refractivity contribution in [2.75, 3.05) is 20.1 Å². The van der Waals surface area contributed by atoms with Crippen molar-refractivity contribution in [3.8, 4) is 0 Å². The van der Waals surface area contributed by atoms with Crippen LogP contribution in [0.25, 0.3) is 0 Å². The van der Waals surface area contributed by atoms with Gasteiger partial charge < -0.3 is 14.5 Å². The van der Waals surface area contributed by atoms with E-state index in [0.717, 1.165) is 25.7 Å². The normalized spacial score (nSPS) is 16.6. The lowest BCUT2D eigenvalue weighted by molar-refractivity contribution is -0.134. The van der Waals surface area contributed by atoms with Crippen molar-refractivity contribution in [1.82, 2.24) is 9.80 Å². The molecule has 2 amide bonds. The summed E-state index contributed by atoms with van der Waals surface area (Å²) in [6, 6.07) is 8.66. The molecule has 0 saturated carbocycles. The number of likely N-dealkylation sites (N-methyl/N-ethyl adjacent to an activating group) is 1. The summed E-state index contributed by atoms with van der Waals surface area (Å²) < 4.78 is 5.35. The fraction of sp³-hybridized carbons (Fsp3) is 0.619. The molecule has 0 spiro atoms. The molecule has 0 bridgehead atoms. The topological polar surface area (TPSA) is 49.9 Å². The van der Waals surface area contributed by atoms with E-state index in [4.69, 9.17) is 4.74 Å². The van der Waals surface area contributed by atoms with Crippen LogP contribution in [0.3, 0.4) is 0 Å². The minimum absolute atomic E-state index is 0.00964. The van der Waals surface area contributed by atoms with Crippen LogP contribution in [0.2, 0.25) is 0 Å². The summed E-state index contributed by atoms with van der Waals surface area (Å²) in [6.45, 7) is 8.31. The molecule has 1 unspecified atom stereocenters. The summed E-state index contributed by atoms with van der Waals surface area (Å²) in [5.74, 6) is -0.00964. The van der Waals surface area contributed by atoms with Gasteiger partial charge in [-0.3, -0.25) is 4.79 Å². The first-order chi connectivity index (χ1) is 12.2. The fourth-order valence-electron chi connectivity index (χ4n) is 3.39. The summed E-state index contributed by atoms with van der Waals surface area (Å²) in [5.41, 5.74) is 2.15. The molecule has 1 aromatic carbocycles. The number of aryl methyl sites for hydroxylation is 1. The second kappa shape index (κ2) is 8.56. The molecular weight excluding hydrogens is 328 g/mol. The van der Waals surface area contributed by atoms with Gasteiger partial charge in [-0.1, -0.05) is 31.2 Å². The first kappa shape index (κ1) is 20.3. The van der Waals surface area contributed by atoms with Crippen LogP contribution in [0.5, 0.6) is 0 Å². The Morgan fingerprint density at radius 1 is 1.19 bits per heavy atom. The smallest absolute Gasteiger partial charge is 0.410 e. The molecule has 26 heavy (non-hydrogen) atoms. The number of fused-ring (bicyclic) bond motifs is 1. The molecule has 5 heteroatoms. The predicted octanol–water partition coefficient (Wildman–Crippen LogP) is 3.65. The molecule has 0 heterocycles. The molecule has 0 N–H and O–H groups in total. The summed E-state index contributed by atoms with van der Waals surface area (Å²) in [5, 5.41) is 0. The van der Waals surface area contributed by atoms with Gasteiger partial charge in [-0.05, 0) is 57.6 Å². The highest BCUT2D eigenvalue weighted by Crippen LogP contribution is 2.25. The van der Waals surface area contributed by atoms with E-state index in [1.165, 1.54) is 16.0 Å². The Balaban J connectivity index is 2.02. The minimum atomic E-state index is -0.565. The average molecular weight is 360 g/mol. The molecule has 5 nitrogen and oxygen atoms in total. The maximum Gasteiger partial charge on any atom is 0.410 e. The first-order valence-corrected chi connectivity index (χ1v) is 9.51. The van der Waals surface area contributed by atoms with Crippen molar-refractivity contribution in [1.29, 1.82) is 0 Å². The highest BCUT2D eigenvalue weighted by Gasteiger charge is 2.29. The Labute approximate surface area is 157 Å². The molecule has 1 aliphatic rings. The predicted molar refractivity (Wildman–Crippen MR) is 103 cm³/mol. The first-order valence-electron chi connectivity index (χ1n) is 9.51. The van der Waals surface area contributed by atoms with Gasteiger partial charge in [-0.25, -0.2) is 4.79 Å². The Kier molecular flexibility index (Phi) is 6.68. The molecule has 2 rings (SSSR count). The van der Waals surface area contributed by atoms with E-state index in [2.05, 4.69) is 31.2 Å². The monoisotopic (exact) mass is 360 g/mol. The molecule has 0 radical (unpaired) electrons. The largest absolute Gasteiger partial charge is 0.444 e. The van der Waals surface area contributed by atoms with Crippen LogP contribution in [0.1, 0.15) is 51.7 Å². The van der Waals surface area contributed by atoms with Crippen molar-refractivity contribution in [3.05, 3.63) is 35.4 Å². The number of carbonyl (C=O) groups excluding carboxylic acids is 2. The summed E-state index contributed by atoms with van der Waals surface area (Å²) in [7, 11) is 1.62. The van der Waals surface area contributed by atoms with E-state index in [-0.39, 0.29) is 18.5 Å². The zero-order chi connectivity index (χ0) is 19.3. The lowest BCUT2D eigenvalue weighted by atomic mass is 9.87. The Morgan fingerprint density at radius 2 is 1.85 bits per heavy atom. The standard InChI is InChI=1S/C21H32N2O3/c1-6-13-23(18-12-11-16-9-7-8-10-17(16)14-18)19(24)15-22(5)20(25)26-21(2,3)4/h7-10,18H,6,11-15H2,1-5H3. The van der Waals surface area contributed by atoms with Crippen LogP contribution in [-0.4, -0.2) is 53.6 Å². The third kappa shape index (κ3) is 5.48. The van der Waals surface area contributed by atoms with Crippen molar-refractivity contribution in [2.45, 2.75) is 65.0 Å². The molecule has 144 valence electrons. The second-order valence-electron chi connectivity index (χ2n) is 8.09. The van der Waals surface area contributed by atoms with Gasteiger partial charge in [0.15, 0.2) is 0 Å². The maximum absolute atomic E-state index is 12.9. The van der Waals surface area contributed by atoms with Crippen LogP contribution in [-0.2, 0) is 22.4 Å². The zero-order valence-corrected chi connectivity index (χ0v) is 16.7. The highest BCUT2D eigenvalue weighted by atomic mass is 16.6. The molecule has 0 aromatic heterocycles. The lowest BCUT2D eigenvalue weighted by Crippen LogP contribution is -2.48. The quantitative estimate of drug-likeness (QED) is 0.805. The van der Waals surface area contributed by atoms with Gasteiger partial charge in [0, 0.05) is 19.6 Å². The SMILES string of the molecule is CCCN(C(=O)CN(C)C(=O)OC(C)(C)C)C1CCc2ccccc2C1. The molecule has 0 aliphatic heterocycles. The van der Waals surface area contributed by atoms with Gasteiger partial charge in [0.1, 0.15) is 12.1 Å². The Bertz CT molecular complexity index is 636. The van der Waals surface area contributed by atoms with E-state index in [9.17, 15) is 9.59 Å². The number of hydrogen-bond acceptors (Lipinski definition) is 3. The Morgan fingerprint density at radius 3 is 2.46 bits per heavy atom. The number of nitrogens with zero attached hydrogens (tertiary/aromatic N) is 2. The third-order valence-electron chi connectivity index (χ3n) is 4.62. The van der Waals surface area contributed by atoms with Crippen molar-refractivity contribution < 1.29 is 14.3 Å². The fourth-order valence-corrected chi connectivity index (χ4v) is 3.39. The number of benzene rings is 1. The highest BCUT2D eigenvalue weighted by molar-refractivity contribution is 5.82. The van der Waals surface area contributed by atoms with E-state index in [0.29, 0.717) is 6.54 Å². The van der Waals surface area contributed by atoms with Crippen LogP contribution < -0.4 is 0 Å². The second-order valence-corrected chi connectivity index (χ2v) is 8.09. The van der Waals surface area contributed by atoms with Crippen LogP contribution in [0, 0.1) is 0 Å². The van der Waals surface area contributed by atoms with Crippen LogP contribution >= 0.6 is 0 Å². The van der Waals surface area contributed by atoms with Gasteiger partial charge in [0.05, 0.1) is 0 Å². The maximum atomic E-state index is 12.9. The number of rotatable bonds is 5. The van der Waals surface area contributed by atoms with Gasteiger partial charge in [0.2, 0.25) is 5.91 Å². The molecule has 0 saturated heterocycles. The van der Waals surface area contributed by atoms with E-state index < -0.39 is 11.7 Å². The number of hydrogen-bond donors (Lipinski definition) is 0. The number of ether oxygens (including phenoxy) is 1. The minimum Gasteiger partial charge on any atom is -0.444 e. The summed E-state index contributed by atoms with van der Waals surface area (Å²) >= 11 is 0. The molecule has 0 fully saturated rings. The third-order valence-corrected chi connectivity index (χ3v) is 4.62. The Hall–Kier alpha value is -2.04. The number of amides is 2. The molecule has 1 aromatic rings. The van der Waals surface area contributed by atoms with E-state index in [1.807, 2.05) is 25.7 Å². The molecule has 1 aliphatic carbocycles. The van der Waals surface area contributed by atoms with Gasteiger partial charge in [-0.2, -0.15) is 0 Å². The lowest BCUT2D eigenvalue weighted by Gasteiger charge is -2.36. The average Bonchev–Trinajstić information content (AvgIpc) is 2.57. The van der Waals surface area contributed by atoms with Crippen LogP contribution in [0.4, 0.5) is 4.79 Å². The van der Waals surface area contributed by atoms with Crippen molar-refractivity contribution >= 4 is 12.0 Å². The van der Waals surface area contributed by atoms with Gasteiger partial charge >= 0.3 is 6.09 Å². The van der Waals surface area contributed by atoms with Gasteiger partial charge in [-0.15, -0.1) is 0 Å². The van der Waals surface area contributed by atoms with Crippen molar-refractivity contribution in [3.63, 3.8) is 0 Å². The van der Waals surface area contributed by atoms with E-state index in [1.54, 1.807) is 7.05 Å². The van der Waals surface area contributed by atoms with E-state index >= 15 is 0 Å². The van der Waals surface area contributed by atoms with Crippen molar-refractivity contribution in [2.24, 2.45) is 0 Å². The van der Waals surface area contributed by atoms with Gasteiger partial charge in [0.25, 0.3) is 0 Å².